The monoisotopic (exact) mass is 261 g/mol. The molecule has 4 nitrogen and oxygen atoms in total. The molecule has 4 heteroatoms. The quantitative estimate of drug-likeness (QED) is 0.918. The normalized spacial score (nSPS) is 20.2. The van der Waals surface area contributed by atoms with Crippen LogP contribution in [0.1, 0.15) is 18.6 Å². The fourth-order valence-electron chi connectivity index (χ4n) is 2.79. The third kappa shape index (κ3) is 2.46. The predicted octanol–water partition coefficient (Wildman–Crippen LogP) is 2.40. The Morgan fingerprint density at radius 2 is 2.32 bits per heavy atom. The van der Waals surface area contributed by atoms with Crippen LogP contribution in [0.2, 0.25) is 0 Å². The summed E-state index contributed by atoms with van der Waals surface area (Å²) in [6.07, 6.45) is 2.23. The van der Waals surface area contributed by atoms with E-state index >= 15 is 0 Å². The highest BCUT2D eigenvalue weighted by molar-refractivity contribution is 5.79. The first kappa shape index (κ1) is 12.5. The number of aliphatic hydroxyl groups is 1. The van der Waals surface area contributed by atoms with Gasteiger partial charge in [-0.3, -0.25) is 4.90 Å². The average molecular weight is 261 g/mol. The molecule has 1 fully saturated rings. The minimum atomic E-state index is 0.230. The highest BCUT2D eigenvalue weighted by atomic mass is 16.5. The lowest BCUT2D eigenvalue weighted by Crippen LogP contribution is -2.31. The Kier molecular flexibility index (Phi) is 3.44. The number of rotatable bonds is 4. The highest BCUT2D eigenvalue weighted by Gasteiger charge is 2.24. The maximum Gasteiger partial charge on any atom is 0.134 e. The second-order valence-corrected chi connectivity index (χ2v) is 5.07. The number of hydrogen-bond donors (Lipinski definition) is 1. The Balaban J connectivity index is 1.81. The van der Waals surface area contributed by atoms with Crippen molar-refractivity contribution in [2.75, 3.05) is 20.3 Å². The van der Waals surface area contributed by atoms with Gasteiger partial charge >= 0.3 is 0 Å². The van der Waals surface area contributed by atoms with Crippen LogP contribution in [0.3, 0.4) is 0 Å². The predicted molar refractivity (Wildman–Crippen MR) is 73.3 cm³/mol. The molecule has 2 heterocycles. The molecule has 3 rings (SSSR count). The van der Waals surface area contributed by atoms with Gasteiger partial charge in [0.1, 0.15) is 17.1 Å². The zero-order valence-electron chi connectivity index (χ0n) is 11.1. The molecular weight excluding hydrogens is 242 g/mol. The van der Waals surface area contributed by atoms with E-state index in [-0.39, 0.29) is 12.6 Å². The van der Waals surface area contributed by atoms with Crippen molar-refractivity contribution in [1.29, 1.82) is 0 Å². The van der Waals surface area contributed by atoms with Crippen molar-refractivity contribution in [2.24, 2.45) is 0 Å². The zero-order valence-corrected chi connectivity index (χ0v) is 11.1. The summed E-state index contributed by atoms with van der Waals surface area (Å²) in [6, 6.07) is 8.16. The van der Waals surface area contributed by atoms with Gasteiger partial charge in [-0.05, 0) is 43.7 Å². The van der Waals surface area contributed by atoms with Gasteiger partial charge in [-0.25, -0.2) is 0 Å². The number of furan rings is 1. The van der Waals surface area contributed by atoms with E-state index in [1.807, 2.05) is 18.2 Å². The first-order valence-electron chi connectivity index (χ1n) is 6.71. The van der Waals surface area contributed by atoms with Crippen LogP contribution in [0, 0.1) is 0 Å². The van der Waals surface area contributed by atoms with Crippen LogP contribution in [0.25, 0.3) is 11.0 Å². The first-order valence-corrected chi connectivity index (χ1v) is 6.71. The van der Waals surface area contributed by atoms with Gasteiger partial charge < -0.3 is 14.3 Å². The van der Waals surface area contributed by atoms with Crippen molar-refractivity contribution < 1.29 is 14.3 Å². The van der Waals surface area contributed by atoms with Crippen LogP contribution in [0.4, 0.5) is 0 Å². The number of likely N-dealkylation sites (tertiary alicyclic amines) is 1. The second kappa shape index (κ2) is 5.23. The molecule has 0 saturated carbocycles. The molecule has 0 unspecified atom stereocenters. The number of fused-ring (bicyclic) bond motifs is 1. The third-order valence-electron chi connectivity index (χ3n) is 3.84. The van der Waals surface area contributed by atoms with E-state index in [9.17, 15) is 5.11 Å². The Morgan fingerprint density at radius 3 is 3.11 bits per heavy atom. The molecule has 0 aliphatic carbocycles. The Hall–Kier alpha value is -1.52. The molecule has 1 atom stereocenters. The number of methoxy groups -OCH3 is 1. The molecular formula is C15H19NO3. The SMILES string of the molecule is COc1ccc2oc(CN3CCC[C@@H]3CO)cc2c1. The fraction of sp³-hybridized carbons (Fsp3) is 0.467. The number of nitrogens with zero attached hydrogens (tertiary/aromatic N) is 1. The van der Waals surface area contributed by atoms with Crippen molar-refractivity contribution >= 4 is 11.0 Å². The summed E-state index contributed by atoms with van der Waals surface area (Å²) < 4.78 is 11.1. The lowest BCUT2D eigenvalue weighted by atomic mass is 10.2. The van der Waals surface area contributed by atoms with Gasteiger partial charge in [-0.2, -0.15) is 0 Å². The molecule has 1 aromatic carbocycles. The van der Waals surface area contributed by atoms with Gasteiger partial charge in [0.2, 0.25) is 0 Å². The first-order chi connectivity index (χ1) is 9.30. The van der Waals surface area contributed by atoms with Crippen LogP contribution in [-0.2, 0) is 6.54 Å². The molecule has 1 saturated heterocycles. The highest BCUT2D eigenvalue weighted by Crippen LogP contribution is 2.26. The van der Waals surface area contributed by atoms with E-state index in [0.717, 1.165) is 48.4 Å². The molecule has 0 spiro atoms. The van der Waals surface area contributed by atoms with Gasteiger partial charge in [0.15, 0.2) is 0 Å². The third-order valence-corrected chi connectivity index (χ3v) is 3.84. The number of aliphatic hydroxyl groups excluding tert-OH is 1. The van der Waals surface area contributed by atoms with Crippen molar-refractivity contribution in [3.8, 4) is 5.75 Å². The van der Waals surface area contributed by atoms with E-state index < -0.39 is 0 Å². The van der Waals surface area contributed by atoms with Crippen molar-refractivity contribution in [1.82, 2.24) is 4.90 Å². The fourth-order valence-corrected chi connectivity index (χ4v) is 2.79. The van der Waals surface area contributed by atoms with Crippen LogP contribution in [0.5, 0.6) is 5.75 Å². The summed E-state index contributed by atoms with van der Waals surface area (Å²) in [5, 5.41) is 10.4. The molecule has 0 bridgehead atoms. The van der Waals surface area contributed by atoms with Crippen molar-refractivity contribution in [3.63, 3.8) is 0 Å². The number of hydrogen-bond acceptors (Lipinski definition) is 4. The number of ether oxygens (including phenoxy) is 1. The van der Waals surface area contributed by atoms with Crippen LogP contribution < -0.4 is 4.74 Å². The topological polar surface area (TPSA) is 45.8 Å². The van der Waals surface area contributed by atoms with Crippen LogP contribution in [-0.4, -0.2) is 36.3 Å². The lowest BCUT2D eigenvalue weighted by molar-refractivity contribution is 0.147. The Morgan fingerprint density at radius 1 is 1.42 bits per heavy atom. The van der Waals surface area contributed by atoms with Crippen LogP contribution in [0.15, 0.2) is 28.7 Å². The van der Waals surface area contributed by atoms with E-state index in [1.54, 1.807) is 7.11 Å². The summed E-state index contributed by atoms with van der Waals surface area (Å²) in [7, 11) is 1.66. The minimum absolute atomic E-state index is 0.230. The largest absolute Gasteiger partial charge is 0.497 e. The van der Waals surface area contributed by atoms with E-state index in [1.165, 1.54) is 0 Å². The summed E-state index contributed by atoms with van der Waals surface area (Å²) >= 11 is 0. The van der Waals surface area contributed by atoms with Crippen molar-refractivity contribution in [3.05, 3.63) is 30.0 Å². The van der Waals surface area contributed by atoms with Crippen molar-refractivity contribution in [2.45, 2.75) is 25.4 Å². The molecule has 1 aliphatic rings. The van der Waals surface area contributed by atoms with E-state index in [2.05, 4.69) is 11.0 Å². The molecule has 2 aromatic rings. The minimum Gasteiger partial charge on any atom is -0.497 e. The van der Waals surface area contributed by atoms with Crippen LogP contribution >= 0.6 is 0 Å². The number of benzene rings is 1. The molecule has 1 aliphatic heterocycles. The molecule has 1 aromatic heterocycles. The Bertz CT molecular complexity index is 564. The molecule has 0 amide bonds. The standard InChI is InChI=1S/C15H19NO3/c1-18-13-4-5-15-11(7-13)8-14(19-15)9-16-6-2-3-12(16)10-17/h4-5,7-8,12,17H,2-3,6,9-10H2,1H3/t12-/m1/s1. The van der Waals surface area contributed by atoms with E-state index in [4.69, 9.17) is 9.15 Å². The van der Waals surface area contributed by atoms with Gasteiger partial charge in [0.25, 0.3) is 0 Å². The van der Waals surface area contributed by atoms with E-state index in [0.29, 0.717) is 0 Å². The summed E-state index contributed by atoms with van der Waals surface area (Å²) in [6.45, 7) is 2.03. The molecule has 102 valence electrons. The molecule has 1 N–H and O–H groups in total. The maximum atomic E-state index is 9.33. The lowest BCUT2D eigenvalue weighted by Gasteiger charge is -2.20. The average Bonchev–Trinajstić information content (AvgIpc) is 3.03. The second-order valence-electron chi connectivity index (χ2n) is 5.07. The maximum absolute atomic E-state index is 9.33. The van der Waals surface area contributed by atoms with Gasteiger partial charge in [-0.1, -0.05) is 0 Å². The zero-order chi connectivity index (χ0) is 13.2. The summed E-state index contributed by atoms with van der Waals surface area (Å²) in [4.78, 5) is 2.29. The summed E-state index contributed by atoms with van der Waals surface area (Å²) in [5.74, 6) is 1.79. The van der Waals surface area contributed by atoms with Gasteiger partial charge in [-0.15, -0.1) is 0 Å². The smallest absolute Gasteiger partial charge is 0.134 e. The van der Waals surface area contributed by atoms with Gasteiger partial charge in [0, 0.05) is 11.4 Å². The molecule has 0 radical (unpaired) electrons. The molecule has 19 heavy (non-hydrogen) atoms. The summed E-state index contributed by atoms with van der Waals surface area (Å²) in [5.41, 5.74) is 0.885. The Labute approximate surface area is 112 Å². The van der Waals surface area contributed by atoms with Gasteiger partial charge in [0.05, 0.1) is 20.3 Å².